The number of rotatable bonds is 6. The molecule has 10 aliphatic rings. The summed E-state index contributed by atoms with van der Waals surface area (Å²) in [6, 6.07) is 0. The third-order valence-electron chi connectivity index (χ3n) is 18.7. The molecule has 0 unspecified atom stereocenters. The minimum Gasteiger partial charge on any atom is -0.481 e. The van der Waals surface area contributed by atoms with Gasteiger partial charge in [0.15, 0.2) is 0 Å². The van der Waals surface area contributed by atoms with Crippen LogP contribution >= 0.6 is 0 Å². The van der Waals surface area contributed by atoms with E-state index in [-0.39, 0.29) is 51.9 Å². The summed E-state index contributed by atoms with van der Waals surface area (Å²) in [5.41, 5.74) is 0.877. The smallest absolute Gasteiger partial charge is 0.309 e. The van der Waals surface area contributed by atoms with Crippen LogP contribution < -0.4 is 0 Å². The van der Waals surface area contributed by atoms with Crippen molar-refractivity contribution < 1.29 is 44.7 Å². The fourth-order valence-electron chi connectivity index (χ4n) is 16.3. The number of hydrogen-bond acceptors (Lipinski definition) is 5. The van der Waals surface area contributed by atoms with E-state index < -0.39 is 34.7 Å². The lowest BCUT2D eigenvalue weighted by molar-refractivity contribution is -0.195. The van der Waals surface area contributed by atoms with Gasteiger partial charge in [-0.1, -0.05) is 77.7 Å². The molecule has 0 saturated heterocycles. The number of aliphatic carboxylic acids is 4. The van der Waals surface area contributed by atoms with Crippen molar-refractivity contribution in [1.82, 2.24) is 0 Å². The molecule has 320 valence electrons. The second-order valence-corrected chi connectivity index (χ2v) is 21.7. The maximum absolute atomic E-state index is 12.2. The zero-order chi connectivity index (χ0) is 42.3. The van der Waals surface area contributed by atoms with E-state index in [2.05, 4.69) is 53.7 Å². The van der Waals surface area contributed by atoms with Crippen molar-refractivity contribution in [3.8, 4) is 0 Å². The predicted molar refractivity (Wildman–Crippen MR) is 219 cm³/mol. The van der Waals surface area contributed by atoms with Crippen molar-refractivity contribution in [2.24, 2.45) is 91.7 Å². The third-order valence-corrected chi connectivity index (χ3v) is 18.7. The van der Waals surface area contributed by atoms with Gasteiger partial charge in [-0.25, -0.2) is 0 Å². The summed E-state index contributed by atoms with van der Waals surface area (Å²) < 4.78 is 0. The Morgan fingerprint density at radius 2 is 0.912 bits per heavy atom. The highest BCUT2D eigenvalue weighted by Gasteiger charge is 2.69. The molecular formula is C48H74O9. The lowest BCUT2D eigenvalue weighted by atomic mass is 9.36. The Morgan fingerprint density at radius 1 is 0.579 bits per heavy atom. The molecule has 57 heavy (non-hydrogen) atoms. The van der Waals surface area contributed by atoms with Crippen molar-refractivity contribution in [1.29, 1.82) is 0 Å². The maximum atomic E-state index is 12.2. The van der Waals surface area contributed by atoms with Crippen LogP contribution in [0.1, 0.15) is 152 Å². The van der Waals surface area contributed by atoms with Gasteiger partial charge >= 0.3 is 23.9 Å². The lowest BCUT2D eigenvalue weighted by Crippen LogP contribution is -2.63. The van der Waals surface area contributed by atoms with Gasteiger partial charge in [0.05, 0.1) is 22.7 Å². The fraction of sp³-hybridized carbons (Fsp3) is 0.833. The average molecular weight is 795 g/mol. The Morgan fingerprint density at radius 3 is 1.19 bits per heavy atom. The van der Waals surface area contributed by atoms with E-state index in [0.717, 1.165) is 89.9 Å². The van der Waals surface area contributed by atoms with Crippen LogP contribution in [0.3, 0.4) is 0 Å². The van der Waals surface area contributed by atoms with Crippen LogP contribution in [-0.2, 0) is 19.2 Å². The van der Waals surface area contributed by atoms with E-state index in [1.165, 1.54) is 11.1 Å². The summed E-state index contributed by atoms with van der Waals surface area (Å²) in [5.74, 6) is -0.717. The Bertz CT molecular complexity index is 1560. The highest BCUT2D eigenvalue weighted by molar-refractivity contribution is 5.76. The molecule has 6 saturated carbocycles. The number of carboxylic acids is 4. The molecule has 0 aromatic rings. The van der Waals surface area contributed by atoms with Gasteiger partial charge < -0.3 is 25.5 Å². The van der Waals surface area contributed by atoms with Crippen LogP contribution in [0.4, 0.5) is 0 Å². The largest absolute Gasteiger partial charge is 0.481 e. The third kappa shape index (κ3) is 6.47. The van der Waals surface area contributed by atoms with Crippen LogP contribution in [-0.4, -0.2) is 56.0 Å². The Labute approximate surface area is 341 Å². The van der Waals surface area contributed by atoms with Crippen molar-refractivity contribution >= 4 is 23.9 Å². The first kappa shape index (κ1) is 43.9. The topological polar surface area (TPSA) is 169 Å². The fourth-order valence-corrected chi connectivity index (χ4v) is 16.3. The highest BCUT2D eigenvalue weighted by atomic mass is 16.4. The molecule has 0 amide bonds. The Kier molecular flexibility index (Phi) is 11.6. The van der Waals surface area contributed by atoms with E-state index in [0.29, 0.717) is 35.5 Å². The molecule has 5 N–H and O–H groups in total. The van der Waals surface area contributed by atoms with Gasteiger partial charge in [-0.3, -0.25) is 19.2 Å². The summed E-state index contributed by atoms with van der Waals surface area (Å²) in [7, 11) is 0. The van der Waals surface area contributed by atoms with Gasteiger partial charge in [-0.15, -0.1) is 0 Å². The van der Waals surface area contributed by atoms with Crippen molar-refractivity contribution in [3.63, 3.8) is 0 Å². The molecule has 0 heterocycles. The minimum absolute atomic E-state index is 0.0744. The van der Waals surface area contributed by atoms with E-state index in [1.54, 1.807) is 6.92 Å². The van der Waals surface area contributed by atoms with E-state index >= 15 is 0 Å². The first-order valence-corrected chi connectivity index (χ1v) is 22.5. The predicted octanol–water partition coefficient (Wildman–Crippen LogP) is 9.97. The quantitative estimate of drug-likeness (QED) is 0.164. The number of allylic oxidation sites excluding steroid dienone is 4. The van der Waals surface area contributed by atoms with Gasteiger partial charge in [0.1, 0.15) is 0 Å². The van der Waals surface area contributed by atoms with Crippen LogP contribution in [0.5, 0.6) is 0 Å². The SMILES string of the molecule is CC(C)C1=C[C@@]23CC[C@@H]4[C@](C)(CCC[C@@]4(C)C(=O)O)[C@H]2C[C@@H]1C[C@H]3C(=O)O.CC(C)C1=C[C@@]23CC[C@@H]4[C@](C)(CCC[C@@]4(C)C(=O)O)[C@H]2C[C@@H]1C[C@H]3C(=O)O.CCO. The molecule has 6 fully saturated rings. The first-order chi connectivity index (χ1) is 26.5. The van der Waals surface area contributed by atoms with Crippen molar-refractivity contribution in [3.05, 3.63) is 23.3 Å². The molecule has 9 nitrogen and oxygen atoms in total. The second-order valence-electron chi connectivity index (χ2n) is 21.7. The molecule has 4 bridgehead atoms. The van der Waals surface area contributed by atoms with Gasteiger partial charge in [-0.05, 0) is 156 Å². The molecular weight excluding hydrogens is 721 g/mol. The molecule has 0 aromatic heterocycles. The van der Waals surface area contributed by atoms with E-state index in [4.69, 9.17) is 5.11 Å². The molecule has 0 aromatic carbocycles. The van der Waals surface area contributed by atoms with Crippen molar-refractivity contribution in [2.45, 2.75) is 152 Å². The zero-order valence-corrected chi connectivity index (χ0v) is 36.4. The summed E-state index contributed by atoms with van der Waals surface area (Å²) in [6.45, 7) is 19.3. The standard InChI is InChI=1S/2C23H34O4.C2H6O/c2*1-13(2)15-12-23-9-6-17-21(3,7-5-8-22(17,4)20(26)27)18(23)11-14(15)10-16(23)19(24)25;1-2-3/h2*12-14,16-18H,5-11H2,1-4H3,(H,24,25)(H,26,27);3H,2H2,1H3/t2*14-,16-,17+,18+,21-,22+,23+;/m00./s1. The highest BCUT2D eigenvalue weighted by Crippen LogP contribution is 2.74. The number of fused-ring (bicyclic) bond motifs is 4. The summed E-state index contributed by atoms with van der Waals surface area (Å²) >= 11 is 0. The molecule has 10 rings (SSSR count). The summed E-state index contributed by atoms with van der Waals surface area (Å²) in [6.07, 6.45) is 17.2. The molecule has 9 heteroatoms. The number of hydrogen-bond donors (Lipinski definition) is 5. The van der Waals surface area contributed by atoms with E-state index in [1.807, 2.05) is 13.8 Å². The van der Waals surface area contributed by atoms with Crippen molar-refractivity contribution in [2.75, 3.05) is 6.61 Å². The lowest BCUT2D eigenvalue weighted by Gasteiger charge is -2.67. The van der Waals surface area contributed by atoms with Gasteiger partial charge in [0.2, 0.25) is 0 Å². The van der Waals surface area contributed by atoms with E-state index in [9.17, 15) is 39.6 Å². The minimum atomic E-state index is -0.672. The summed E-state index contributed by atoms with van der Waals surface area (Å²) in [4.78, 5) is 48.9. The van der Waals surface area contributed by atoms with Gasteiger partial charge in [0, 0.05) is 17.4 Å². The van der Waals surface area contributed by atoms with Crippen LogP contribution in [0.15, 0.2) is 23.3 Å². The number of aliphatic hydroxyl groups is 1. The molecule has 0 radical (unpaired) electrons. The van der Waals surface area contributed by atoms with Crippen LogP contribution in [0.2, 0.25) is 0 Å². The van der Waals surface area contributed by atoms with Gasteiger partial charge in [-0.2, -0.15) is 0 Å². The monoisotopic (exact) mass is 795 g/mol. The average Bonchev–Trinajstić information content (AvgIpc) is 3.14. The maximum Gasteiger partial charge on any atom is 0.309 e. The normalized spacial score (nSPS) is 46.3. The van der Waals surface area contributed by atoms with Crippen LogP contribution in [0.25, 0.3) is 0 Å². The Hall–Kier alpha value is -2.68. The van der Waals surface area contributed by atoms with Crippen LogP contribution in [0, 0.1) is 91.7 Å². The molecule has 2 spiro atoms. The molecule has 0 aliphatic heterocycles. The number of carbonyl (C=O) groups is 4. The number of aliphatic hydroxyl groups excluding tert-OH is 1. The molecule has 10 aliphatic carbocycles. The first-order valence-electron chi connectivity index (χ1n) is 22.5. The second kappa shape index (κ2) is 15.1. The number of carboxylic acid groups (broad SMARTS) is 4. The zero-order valence-electron chi connectivity index (χ0n) is 36.4. The summed E-state index contributed by atoms with van der Waals surface area (Å²) in [5, 5.41) is 47.8. The Balaban J connectivity index is 0.000000180. The molecule has 14 atom stereocenters. The van der Waals surface area contributed by atoms with Gasteiger partial charge in [0.25, 0.3) is 0 Å².